The van der Waals surface area contributed by atoms with Gasteiger partial charge >= 0.3 is 6.09 Å². The number of rotatable bonds is 9. The predicted molar refractivity (Wildman–Crippen MR) is 114 cm³/mol. The van der Waals surface area contributed by atoms with Gasteiger partial charge < -0.3 is 14.6 Å². The molecule has 1 N–H and O–H groups in total. The molecule has 1 amide bonds. The van der Waals surface area contributed by atoms with Gasteiger partial charge in [0.2, 0.25) is 7.37 Å². The van der Waals surface area contributed by atoms with Crippen molar-refractivity contribution in [2.24, 2.45) is 5.92 Å². The SMILES string of the molecule is CC(C)(C)OC(=O)NCCCP(=O)(CC1CCCCC1)OCc1ccccc1. The molecule has 0 aliphatic heterocycles. The molecule has 5 nitrogen and oxygen atoms in total. The first-order valence-corrected chi connectivity index (χ1v) is 12.5. The number of ether oxygens (including phenoxy) is 1. The predicted octanol–water partition coefficient (Wildman–Crippen LogP) is 5.98. The van der Waals surface area contributed by atoms with E-state index < -0.39 is 19.1 Å². The molecule has 1 atom stereocenters. The molecule has 1 aromatic rings. The molecule has 6 heteroatoms. The van der Waals surface area contributed by atoms with Gasteiger partial charge in [-0.2, -0.15) is 0 Å². The minimum absolute atomic E-state index is 0.379. The molecule has 0 saturated heterocycles. The Morgan fingerprint density at radius 2 is 1.82 bits per heavy atom. The van der Waals surface area contributed by atoms with Crippen LogP contribution in [-0.4, -0.2) is 30.6 Å². The fourth-order valence-corrected chi connectivity index (χ4v) is 6.16. The highest BCUT2D eigenvalue weighted by Crippen LogP contribution is 2.51. The average Bonchev–Trinajstić information content (AvgIpc) is 2.64. The molecule has 158 valence electrons. The molecule has 1 aliphatic rings. The molecule has 0 aromatic heterocycles. The Morgan fingerprint density at radius 1 is 1.14 bits per heavy atom. The van der Waals surface area contributed by atoms with E-state index in [9.17, 15) is 9.36 Å². The molecule has 1 fully saturated rings. The Hall–Kier alpha value is -1.32. The van der Waals surface area contributed by atoms with E-state index in [1.165, 1.54) is 19.3 Å². The Kier molecular flexibility index (Phi) is 9.04. The molecule has 1 saturated carbocycles. The molecule has 0 radical (unpaired) electrons. The van der Waals surface area contributed by atoms with E-state index in [1.807, 2.05) is 51.1 Å². The Bertz CT molecular complexity index is 636. The molecule has 1 aliphatic carbocycles. The van der Waals surface area contributed by atoms with Crippen LogP contribution in [0, 0.1) is 5.92 Å². The number of benzene rings is 1. The topological polar surface area (TPSA) is 64.6 Å². The standard InChI is InChI=1S/C22H36NO4P/c1-22(2,3)27-21(24)23-15-10-16-28(25,18-20-13-8-5-9-14-20)26-17-19-11-6-4-7-12-19/h4,6-7,11-12,20H,5,8-10,13-18H2,1-3H3,(H,23,24). The minimum Gasteiger partial charge on any atom is -0.444 e. The third-order valence-corrected chi connectivity index (χ3v) is 7.58. The summed E-state index contributed by atoms with van der Waals surface area (Å²) in [5.74, 6) is 0.495. The van der Waals surface area contributed by atoms with Crippen LogP contribution in [0.15, 0.2) is 30.3 Å². The van der Waals surface area contributed by atoms with Crippen molar-refractivity contribution < 1.29 is 18.6 Å². The summed E-state index contributed by atoms with van der Waals surface area (Å²) >= 11 is 0. The van der Waals surface area contributed by atoms with Crippen molar-refractivity contribution in [3.8, 4) is 0 Å². The van der Waals surface area contributed by atoms with E-state index >= 15 is 0 Å². The molecular weight excluding hydrogens is 373 g/mol. The third kappa shape index (κ3) is 9.25. The number of nitrogens with one attached hydrogen (secondary N) is 1. The van der Waals surface area contributed by atoms with Gasteiger partial charge in [0, 0.05) is 18.9 Å². The number of carbonyl (C=O) groups excluding carboxylic acids is 1. The van der Waals surface area contributed by atoms with E-state index in [2.05, 4.69) is 5.32 Å². The fourth-order valence-electron chi connectivity index (χ4n) is 3.56. The van der Waals surface area contributed by atoms with E-state index in [-0.39, 0.29) is 0 Å². The van der Waals surface area contributed by atoms with Crippen LogP contribution in [0.3, 0.4) is 0 Å². The first-order valence-electron chi connectivity index (χ1n) is 10.5. The second kappa shape index (κ2) is 11.0. The van der Waals surface area contributed by atoms with Crippen LogP contribution in [0.5, 0.6) is 0 Å². The van der Waals surface area contributed by atoms with Crippen LogP contribution in [-0.2, 0) is 20.4 Å². The first kappa shape index (κ1) is 23.0. The summed E-state index contributed by atoms with van der Waals surface area (Å²) < 4.78 is 24.8. The maximum atomic E-state index is 13.6. The highest BCUT2D eigenvalue weighted by molar-refractivity contribution is 7.58. The zero-order valence-electron chi connectivity index (χ0n) is 17.6. The molecule has 1 aromatic carbocycles. The van der Waals surface area contributed by atoms with Crippen molar-refractivity contribution >= 4 is 13.5 Å². The Morgan fingerprint density at radius 3 is 2.46 bits per heavy atom. The highest BCUT2D eigenvalue weighted by atomic mass is 31.2. The lowest BCUT2D eigenvalue weighted by molar-refractivity contribution is 0.0527. The maximum Gasteiger partial charge on any atom is 0.407 e. The fraction of sp³-hybridized carbons (Fsp3) is 0.682. The molecule has 1 unspecified atom stereocenters. The Balaban J connectivity index is 1.86. The van der Waals surface area contributed by atoms with Crippen LogP contribution in [0.25, 0.3) is 0 Å². The summed E-state index contributed by atoms with van der Waals surface area (Å²) in [7, 11) is -2.75. The largest absolute Gasteiger partial charge is 0.444 e. The van der Waals surface area contributed by atoms with Crippen LogP contribution < -0.4 is 5.32 Å². The average molecular weight is 410 g/mol. The van der Waals surface area contributed by atoms with E-state index in [0.29, 0.717) is 37.8 Å². The quantitative estimate of drug-likeness (QED) is 0.403. The van der Waals surface area contributed by atoms with Gasteiger partial charge in [0.1, 0.15) is 5.60 Å². The van der Waals surface area contributed by atoms with Crippen molar-refractivity contribution in [3.05, 3.63) is 35.9 Å². The summed E-state index contributed by atoms with van der Waals surface area (Å²) in [6, 6.07) is 9.89. The van der Waals surface area contributed by atoms with Crippen molar-refractivity contribution in [3.63, 3.8) is 0 Å². The van der Waals surface area contributed by atoms with Gasteiger partial charge in [-0.1, -0.05) is 49.6 Å². The number of alkyl carbamates (subject to hydrolysis) is 1. The van der Waals surface area contributed by atoms with E-state index in [4.69, 9.17) is 9.26 Å². The molecule has 0 bridgehead atoms. The van der Waals surface area contributed by atoms with Gasteiger partial charge in [-0.05, 0) is 51.5 Å². The summed E-state index contributed by atoms with van der Waals surface area (Å²) in [6.07, 6.45) is 7.37. The van der Waals surface area contributed by atoms with Crippen LogP contribution in [0.4, 0.5) is 4.79 Å². The van der Waals surface area contributed by atoms with Crippen LogP contribution >= 0.6 is 7.37 Å². The van der Waals surface area contributed by atoms with Crippen molar-refractivity contribution in [2.75, 3.05) is 18.9 Å². The summed E-state index contributed by atoms with van der Waals surface area (Å²) in [5, 5.41) is 2.75. The van der Waals surface area contributed by atoms with Crippen molar-refractivity contribution in [2.45, 2.75) is 71.5 Å². The smallest absolute Gasteiger partial charge is 0.407 e. The molecule has 0 spiro atoms. The van der Waals surface area contributed by atoms with Gasteiger partial charge in [0.15, 0.2) is 0 Å². The first-order chi connectivity index (χ1) is 13.3. The second-order valence-electron chi connectivity index (χ2n) is 8.77. The zero-order chi connectivity index (χ0) is 20.5. The lowest BCUT2D eigenvalue weighted by atomic mass is 9.91. The lowest BCUT2D eigenvalue weighted by Crippen LogP contribution is -2.33. The molecule has 28 heavy (non-hydrogen) atoms. The third-order valence-electron chi connectivity index (χ3n) is 4.91. The minimum atomic E-state index is -2.75. The van der Waals surface area contributed by atoms with Crippen molar-refractivity contribution in [1.29, 1.82) is 0 Å². The van der Waals surface area contributed by atoms with Gasteiger partial charge in [0.25, 0.3) is 0 Å². The van der Waals surface area contributed by atoms with Crippen LogP contribution in [0.1, 0.15) is 64.9 Å². The lowest BCUT2D eigenvalue weighted by Gasteiger charge is -2.27. The van der Waals surface area contributed by atoms with Gasteiger partial charge in [-0.25, -0.2) is 4.79 Å². The molecule has 2 rings (SSSR count). The number of hydrogen-bond donors (Lipinski definition) is 1. The molecular formula is C22H36NO4P. The number of amides is 1. The van der Waals surface area contributed by atoms with Crippen molar-refractivity contribution in [1.82, 2.24) is 5.32 Å². The summed E-state index contributed by atoms with van der Waals surface area (Å²) in [4.78, 5) is 11.8. The van der Waals surface area contributed by atoms with Crippen LogP contribution in [0.2, 0.25) is 0 Å². The monoisotopic (exact) mass is 409 g/mol. The number of carbonyl (C=O) groups is 1. The maximum absolute atomic E-state index is 13.6. The van der Waals surface area contributed by atoms with Gasteiger partial charge in [0.05, 0.1) is 6.61 Å². The second-order valence-corrected chi connectivity index (χ2v) is 11.5. The number of hydrogen-bond acceptors (Lipinski definition) is 4. The van der Waals surface area contributed by atoms with E-state index in [1.54, 1.807) is 0 Å². The van der Waals surface area contributed by atoms with E-state index in [0.717, 1.165) is 18.4 Å². The zero-order valence-corrected chi connectivity index (χ0v) is 18.5. The highest BCUT2D eigenvalue weighted by Gasteiger charge is 2.28. The van der Waals surface area contributed by atoms with Gasteiger partial charge in [-0.3, -0.25) is 4.57 Å². The summed E-state index contributed by atoms with van der Waals surface area (Å²) in [5.41, 5.74) is 0.525. The Labute approximate surface area is 170 Å². The van der Waals surface area contributed by atoms with Gasteiger partial charge in [-0.15, -0.1) is 0 Å². The normalized spacial score (nSPS) is 17.7. The molecule has 0 heterocycles. The summed E-state index contributed by atoms with van der Waals surface area (Å²) in [6.45, 7) is 6.33.